The Morgan fingerprint density at radius 1 is 1.05 bits per heavy atom. The lowest BCUT2D eigenvalue weighted by molar-refractivity contribution is 1.11. The molecule has 3 rings (SSSR count). The molecule has 0 aliphatic heterocycles. The SMILES string of the molecule is c1cncc(CNc2ccc(-c3nccs3)cc2)c1. The molecule has 2 aromatic heterocycles. The van der Waals surface area contributed by atoms with Crippen molar-refractivity contribution in [3.05, 3.63) is 65.9 Å². The van der Waals surface area contributed by atoms with Crippen LogP contribution in [0, 0.1) is 0 Å². The van der Waals surface area contributed by atoms with Gasteiger partial charge in [-0.3, -0.25) is 4.98 Å². The van der Waals surface area contributed by atoms with Crippen molar-refractivity contribution in [2.45, 2.75) is 6.54 Å². The van der Waals surface area contributed by atoms with Gasteiger partial charge in [0.15, 0.2) is 0 Å². The second kappa shape index (κ2) is 5.63. The highest BCUT2D eigenvalue weighted by atomic mass is 32.1. The Kier molecular flexibility index (Phi) is 3.51. The van der Waals surface area contributed by atoms with E-state index in [1.807, 2.05) is 23.8 Å². The average molecular weight is 267 g/mol. The van der Waals surface area contributed by atoms with Gasteiger partial charge in [-0.05, 0) is 35.9 Å². The van der Waals surface area contributed by atoms with Crippen LogP contribution in [0.15, 0.2) is 60.4 Å². The number of nitrogens with one attached hydrogen (secondary N) is 1. The molecule has 2 heterocycles. The van der Waals surface area contributed by atoms with Crippen molar-refractivity contribution in [2.24, 2.45) is 0 Å². The Morgan fingerprint density at radius 3 is 2.63 bits per heavy atom. The van der Waals surface area contributed by atoms with Gasteiger partial charge in [0.25, 0.3) is 0 Å². The van der Waals surface area contributed by atoms with Gasteiger partial charge in [0.05, 0.1) is 0 Å². The van der Waals surface area contributed by atoms with E-state index >= 15 is 0 Å². The summed E-state index contributed by atoms with van der Waals surface area (Å²) in [6.45, 7) is 0.782. The Labute approximate surface area is 116 Å². The number of benzene rings is 1. The lowest BCUT2D eigenvalue weighted by Gasteiger charge is -2.06. The summed E-state index contributed by atoms with van der Waals surface area (Å²) in [4.78, 5) is 8.40. The van der Waals surface area contributed by atoms with Crippen molar-refractivity contribution in [2.75, 3.05) is 5.32 Å². The molecule has 4 heteroatoms. The molecule has 0 bridgehead atoms. The monoisotopic (exact) mass is 267 g/mol. The van der Waals surface area contributed by atoms with Crippen LogP contribution in [-0.4, -0.2) is 9.97 Å². The van der Waals surface area contributed by atoms with E-state index in [4.69, 9.17) is 0 Å². The fourth-order valence-corrected chi connectivity index (χ4v) is 2.45. The van der Waals surface area contributed by atoms with Crippen LogP contribution in [0.1, 0.15) is 5.56 Å². The van der Waals surface area contributed by atoms with E-state index in [1.54, 1.807) is 17.5 Å². The molecule has 1 aromatic carbocycles. The number of rotatable bonds is 4. The molecule has 3 aromatic rings. The number of anilines is 1. The molecule has 0 spiro atoms. The summed E-state index contributed by atoms with van der Waals surface area (Å²) < 4.78 is 0. The largest absolute Gasteiger partial charge is 0.381 e. The van der Waals surface area contributed by atoms with Gasteiger partial charge in [-0.25, -0.2) is 4.98 Å². The zero-order chi connectivity index (χ0) is 12.9. The predicted octanol–water partition coefficient (Wildman–Crippen LogP) is 3.82. The molecule has 19 heavy (non-hydrogen) atoms. The Morgan fingerprint density at radius 2 is 1.95 bits per heavy atom. The molecule has 94 valence electrons. The quantitative estimate of drug-likeness (QED) is 0.781. The molecule has 0 fully saturated rings. The van der Waals surface area contributed by atoms with E-state index in [1.165, 1.54) is 5.56 Å². The van der Waals surface area contributed by atoms with Gasteiger partial charge in [-0.1, -0.05) is 6.07 Å². The highest BCUT2D eigenvalue weighted by molar-refractivity contribution is 7.13. The molecule has 1 N–H and O–H groups in total. The van der Waals surface area contributed by atoms with Crippen molar-refractivity contribution in [3.8, 4) is 10.6 Å². The number of nitrogens with zero attached hydrogens (tertiary/aromatic N) is 2. The smallest absolute Gasteiger partial charge is 0.123 e. The maximum absolute atomic E-state index is 4.30. The van der Waals surface area contributed by atoms with E-state index in [2.05, 4.69) is 45.6 Å². The van der Waals surface area contributed by atoms with Crippen molar-refractivity contribution in [3.63, 3.8) is 0 Å². The normalized spacial score (nSPS) is 10.3. The number of thiazole rings is 1. The molecular formula is C15H13N3S. The molecule has 0 unspecified atom stereocenters. The van der Waals surface area contributed by atoms with Gasteiger partial charge in [0.1, 0.15) is 5.01 Å². The number of pyridine rings is 1. The average Bonchev–Trinajstić information content (AvgIpc) is 3.01. The summed E-state index contributed by atoms with van der Waals surface area (Å²) in [6.07, 6.45) is 5.48. The first-order valence-corrected chi connectivity index (χ1v) is 6.92. The van der Waals surface area contributed by atoms with Crippen LogP contribution in [-0.2, 0) is 6.54 Å². The highest BCUT2D eigenvalue weighted by Crippen LogP contribution is 2.23. The van der Waals surface area contributed by atoms with Crippen LogP contribution in [0.4, 0.5) is 5.69 Å². The maximum atomic E-state index is 4.30. The van der Waals surface area contributed by atoms with Crippen LogP contribution in [0.2, 0.25) is 0 Å². The lowest BCUT2D eigenvalue weighted by Crippen LogP contribution is -1.99. The third-order valence-corrected chi connectivity index (χ3v) is 3.61. The maximum Gasteiger partial charge on any atom is 0.123 e. The first-order valence-electron chi connectivity index (χ1n) is 6.04. The van der Waals surface area contributed by atoms with Crippen molar-refractivity contribution in [1.82, 2.24) is 9.97 Å². The predicted molar refractivity (Wildman–Crippen MR) is 79.1 cm³/mol. The van der Waals surface area contributed by atoms with Crippen LogP contribution >= 0.6 is 11.3 Å². The third kappa shape index (κ3) is 2.98. The Bertz CT molecular complexity index is 618. The third-order valence-electron chi connectivity index (χ3n) is 2.78. The zero-order valence-electron chi connectivity index (χ0n) is 10.3. The first kappa shape index (κ1) is 11.9. The summed E-state index contributed by atoms with van der Waals surface area (Å²) in [5.41, 5.74) is 3.43. The Balaban J connectivity index is 1.67. The van der Waals surface area contributed by atoms with E-state index in [9.17, 15) is 0 Å². The van der Waals surface area contributed by atoms with Crippen molar-refractivity contribution >= 4 is 17.0 Å². The van der Waals surface area contributed by atoms with E-state index in [0.717, 1.165) is 22.8 Å². The van der Waals surface area contributed by atoms with Gasteiger partial charge in [-0.2, -0.15) is 0 Å². The van der Waals surface area contributed by atoms with Gasteiger partial charge in [-0.15, -0.1) is 11.3 Å². The molecule has 0 aliphatic carbocycles. The van der Waals surface area contributed by atoms with Crippen LogP contribution in [0.3, 0.4) is 0 Å². The van der Waals surface area contributed by atoms with Gasteiger partial charge in [0, 0.05) is 41.8 Å². The van der Waals surface area contributed by atoms with Crippen LogP contribution in [0.25, 0.3) is 10.6 Å². The topological polar surface area (TPSA) is 37.8 Å². The molecule has 0 amide bonds. The minimum atomic E-state index is 0.782. The highest BCUT2D eigenvalue weighted by Gasteiger charge is 2.00. The number of hydrogen-bond acceptors (Lipinski definition) is 4. The second-order valence-electron chi connectivity index (χ2n) is 4.13. The molecular weight excluding hydrogens is 254 g/mol. The summed E-state index contributed by atoms with van der Waals surface area (Å²) in [5, 5.41) is 6.42. The van der Waals surface area contributed by atoms with Crippen LogP contribution < -0.4 is 5.32 Å². The molecule has 0 atom stereocenters. The molecule has 3 nitrogen and oxygen atoms in total. The van der Waals surface area contributed by atoms with Crippen LogP contribution in [0.5, 0.6) is 0 Å². The zero-order valence-corrected chi connectivity index (χ0v) is 11.1. The summed E-state index contributed by atoms with van der Waals surface area (Å²) in [5.74, 6) is 0. The van der Waals surface area contributed by atoms with E-state index in [-0.39, 0.29) is 0 Å². The summed E-state index contributed by atoms with van der Waals surface area (Å²) >= 11 is 1.65. The molecule has 0 saturated carbocycles. The van der Waals surface area contributed by atoms with Gasteiger partial charge < -0.3 is 5.32 Å². The van der Waals surface area contributed by atoms with E-state index in [0.29, 0.717) is 0 Å². The fraction of sp³-hybridized carbons (Fsp3) is 0.0667. The minimum absolute atomic E-state index is 0.782. The van der Waals surface area contributed by atoms with E-state index < -0.39 is 0 Å². The van der Waals surface area contributed by atoms with Crippen molar-refractivity contribution in [1.29, 1.82) is 0 Å². The standard InChI is InChI=1S/C15H13N3S/c1-2-12(10-16-7-1)11-18-14-5-3-13(4-6-14)15-17-8-9-19-15/h1-10,18H,11H2. The summed E-state index contributed by atoms with van der Waals surface area (Å²) in [7, 11) is 0. The first-order chi connectivity index (χ1) is 9.42. The number of hydrogen-bond donors (Lipinski definition) is 1. The molecule has 0 radical (unpaired) electrons. The Hall–Kier alpha value is -2.20. The molecule has 0 saturated heterocycles. The summed E-state index contributed by atoms with van der Waals surface area (Å²) in [6, 6.07) is 12.3. The van der Waals surface area contributed by atoms with Crippen molar-refractivity contribution < 1.29 is 0 Å². The minimum Gasteiger partial charge on any atom is -0.381 e. The van der Waals surface area contributed by atoms with Gasteiger partial charge >= 0.3 is 0 Å². The lowest BCUT2D eigenvalue weighted by atomic mass is 10.2. The van der Waals surface area contributed by atoms with Gasteiger partial charge in [0.2, 0.25) is 0 Å². The fourth-order valence-electron chi connectivity index (χ4n) is 1.80. The second-order valence-corrected chi connectivity index (χ2v) is 5.02. The molecule has 0 aliphatic rings. The number of aromatic nitrogens is 2.